The summed E-state index contributed by atoms with van der Waals surface area (Å²) < 4.78 is 0. The van der Waals surface area contributed by atoms with Crippen LogP contribution in [-0.4, -0.2) is 16.7 Å². The van der Waals surface area contributed by atoms with E-state index in [0.717, 1.165) is 12.3 Å². The molecule has 1 aliphatic carbocycles. The van der Waals surface area contributed by atoms with Gasteiger partial charge in [-0.3, -0.25) is 4.98 Å². The first-order valence-electron chi connectivity index (χ1n) is 5.91. The van der Waals surface area contributed by atoms with E-state index in [9.17, 15) is 0 Å². The van der Waals surface area contributed by atoms with Crippen LogP contribution in [0.25, 0.3) is 0 Å². The van der Waals surface area contributed by atoms with E-state index in [1.165, 1.54) is 37.0 Å². The molecule has 1 aliphatic rings. The Bertz CT molecular complexity index is 267. The van der Waals surface area contributed by atoms with Crippen LogP contribution in [0.5, 0.6) is 0 Å². The first-order valence-corrected chi connectivity index (χ1v) is 6.79. The normalized spacial score (nSPS) is 20.3. The average Bonchev–Trinajstić information content (AvgIpc) is 2.80. The fourth-order valence-corrected chi connectivity index (χ4v) is 3.54. The maximum absolute atomic E-state index is 9.15. The molecule has 2 rings (SSSR count). The number of hydrogen-bond donors (Lipinski definition) is 1. The zero-order valence-corrected chi connectivity index (χ0v) is 9.88. The van der Waals surface area contributed by atoms with Gasteiger partial charge in [0.05, 0.1) is 5.51 Å². The van der Waals surface area contributed by atoms with Crippen LogP contribution in [0.3, 0.4) is 0 Å². The number of aliphatic hydroxyl groups excluding tert-OH is 1. The third-order valence-electron chi connectivity index (χ3n) is 3.48. The second-order valence-electron chi connectivity index (χ2n) is 4.42. The van der Waals surface area contributed by atoms with Crippen molar-refractivity contribution in [2.75, 3.05) is 6.61 Å². The lowest BCUT2D eigenvalue weighted by molar-refractivity contribution is 0.230. The zero-order valence-electron chi connectivity index (χ0n) is 9.06. The van der Waals surface area contributed by atoms with E-state index in [1.807, 2.05) is 11.7 Å². The molecule has 1 N–H and O–H groups in total. The van der Waals surface area contributed by atoms with Crippen molar-refractivity contribution in [1.82, 2.24) is 4.98 Å². The minimum Gasteiger partial charge on any atom is -0.396 e. The van der Waals surface area contributed by atoms with Crippen molar-refractivity contribution in [3.8, 4) is 0 Å². The Balaban J connectivity index is 2.04. The van der Waals surface area contributed by atoms with E-state index in [2.05, 4.69) is 4.98 Å². The topological polar surface area (TPSA) is 33.1 Å². The van der Waals surface area contributed by atoms with Crippen LogP contribution in [0, 0.1) is 5.92 Å². The smallest absolute Gasteiger partial charge is 0.0794 e. The SMILES string of the molecule is OCCC(c1cncs1)C1CCCCC1. The second kappa shape index (κ2) is 5.61. The minimum atomic E-state index is 0.305. The molecule has 84 valence electrons. The van der Waals surface area contributed by atoms with Gasteiger partial charge in [0, 0.05) is 17.7 Å². The molecule has 1 saturated carbocycles. The number of hydrogen-bond acceptors (Lipinski definition) is 3. The summed E-state index contributed by atoms with van der Waals surface area (Å²) in [6, 6.07) is 0. The number of aromatic nitrogens is 1. The Morgan fingerprint density at radius 2 is 2.20 bits per heavy atom. The molecule has 0 saturated heterocycles. The Labute approximate surface area is 95.4 Å². The Hall–Kier alpha value is -0.410. The molecule has 2 nitrogen and oxygen atoms in total. The molecule has 0 aromatic carbocycles. The molecule has 0 radical (unpaired) electrons. The molecule has 15 heavy (non-hydrogen) atoms. The van der Waals surface area contributed by atoms with Crippen molar-refractivity contribution in [3.05, 3.63) is 16.6 Å². The van der Waals surface area contributed by atoms with Crippen molar-refractivity contribution < 1.29 is 5.11 Å². The summed E-state index contributed by atoms with van der Waals surface area (Å²) in [5.41, 5.74) is 1.91. The third-order valence-corrected chi connectivity index (χ3v) is 4.38. The average molecular weight is 225 g/mol. The molecular formula is C12H19NOS. The largest absolute Gasteiger partial charge is 0.396 e. The maximum atomic E-state index is 9.15. The summed E-state index contributed by atoms with van der Waals surface area (Å²) in [6.45, 7) is 0.305. The van der Waals surface area contributed by atoms with Crippen LogP contribution < -0.4 is 0 Å². The lowest BCUT2D eigenvalue weighted by Gasteiger charge is -2.29. The van der Waals surface area contributed by atoms with Crippen LogP contribution >= 0.6 is 11.3 Å². The highest BCUT2D eigenvalue weighted by Crippen LogP contribution is 2.39. The molecule has 0 bridgehead atoms. The number of aliphatic hydroxyl groups is 1. The fourth-order valence-electron chi connectivity index (χ4n) is 2.69. The summed E-state index contributed by atoms with van der Waals surface area (Å²) in [6.07, 6.45) is 9.69. The zero-order chi connectivity index (χ0) is 10.5. The molecule has 0 spiro atoms. The van der Waals surface area contributed by atoms with Crippen LogP contribution in [-0.2, 0) is 0 Å². The second-order valence-corrected chi connectivity index (χ2v) is 5.34. The molecular weight excluding hydrogens is 206 g/mol. The minimum absolute atomic E-state index is 0.305. The molecule has 1 fully saturated rings. The molecule has 1 unspecified atom stereocenters. The van der Waals surface area contributed by atoms with Crippen molar-refractivity contribution in [2.24, 2.45) is 5.92 Å². The van der Waals surface area contributed by atoms with Crippen molar-refractivity contribution in [1.29, 1.82) is 0 Å². The standard InChI is InChI=1S/C12H19NOS/c14-7-6-11(12-8-13-9-15-12)10-4-2-1-3-5-10/h8-11,14H,1-7H2. The first-order chi connectivity index (χ1) is 7.42. The van der Waals surface area contributed by atoms with Gasteiger partial charge < -0.3 is 5.11 Å². The highest BCUT2D eigenvalue weighted by Gasteiger charge is 2.25. The van der Waals surface area contributed by atoms with Gasteiger partial charge in [-0.05, 0) is 31.1 Å². The molecule has 1 aromatic heterocycles. The molecule has 3 heteroatoms. The predicted octanol–water partition coefficient (Wildman–Crippen LogP) is 3.19. The summed E-state index contributed by atoms with van der Waals surface area (Å²) >= 11 is 1.74. The number of rotatable bonds is 4. The van der Waals surface area contributed by atoms with E-state index < -0.39 is 0 Å². The van der Waals surface area contributed by atoms with E-state index in [4.69, 9.17) is 5.11 Å². The van der Waals surface area contributed by atoms with Gasteiger partial charge in [0.1, 0.15) is 0 Å². The highest BCUT2D eigenvalue weighted by atomic mass is 32.1. The van der Waals surface area contributed by atoms with Crippen LogP contribution in [0.15, 0.2) is 11.7 Å². The van der Waals surface area contributed by atoms with E-state index in [0.29, 0.717) is 12.5 Å². The fraction of sp³-hybridized carbons (Fsp3) is 0.750. The molecule has 0 aliphatic heterocycles. The summed E-state index contributed by atoms with van der Waals surface area (Å²) in [5.74, 6) is 1.34. The van der Waals surface area contributed by atoms with Crippen molar-refractivity contribution >= 4 is 11.3 Å². The van der Waals surface area contributed by atoms with E-state index >= 15 is 0 Å². The predicted molar refractivity (Wildman–Crippen MR) is 63.1 cm³/mol. The Kier molecular flexibility index (Phi) is 4.15. The van der Waals surface area contributed by atoms with Crippen LogP contribution in [0.2, 0.25) is 0 Å². The van der Waals surface area contributed by atoms with Gasteiger partial charge in [0.15, 0.2) is 0 Å². The molecule has 1 aromatic rings. The van der Waals surface area contributed by atoms with Crippen LogP contribution in [0.4, 0.5) is 0 Å². The summed E-state index contributed by atoms with van der Waals surface area (Å²) in [7, 11) is 0. The Morgan fingerprint density at radius 1 is 1.40 bits per heavy atom. The van der Waals surface area contributed by atoms with Gasteiger partial charge in [-0.25, -0.2) is 0 Å². The van der Waals surface area contributed by atoms with Crippen molar-refractivity contribution in [3.63, 3.8) is 0 Å². The third kappa shape index (κ3) is 2.79. The van der Waals surface area contributed by atoms with Gasteiger partial charge in [0.25, 0.3) is 0 Å². The molecule has 1 heterocycles. The van der Waals surface area contributed by atoms with Crippen molar-refractivity contribution in [2.45, 2.75) is 44.4 Å². The van der Waals surface area contributed by atoms with E-state index in [1.54, 1.807) is 11.3 Å². The van der Waals surface area contributed by atoms with Gasteiger partial charge >= 0.3 is 0 Å². The van der Waals surface area contributed by atoms with Gasteiger partial charge in [0.2, 0.25) is 0 Å². The highest BCUT2D eigenvalue weighted by molar-refractivity contribution is 7.09. The first kappa shape index (κ1) is 11.1. The summed E-state index contributed by atoms with van der Waals surface area (Å²) in [4.78, 5) is 5.53. The van der Waals surface area contributed by atoms with Gasteiger partial charge in [-0.1, -0.05) is 19.3 Å². The van der Waals surface area contributed by atoms with E-state index in [-0.39, 0.29) is 0 Å². The lowest BCUT2D eigenvalue weighted by Crippen LogP contribution is -2.16. The Morgan fingerprint density at radius 3 is 2.80 bits per heavy atom. The van der Waals surface area contributed by atoms with Gasteiger partial charge in [-0.2, -0.15) is 0 Å². The molecule has 0 amide bonds. The molecule has 1 atom stereocenters. The monoisotopic (exact) mass is 225 g/mol. The number of nitrogens with zero attached hydrogens (tertiary/aromatic N) is 1. The van der Waals surface area contributed by atoms with Gasteiger partial charge in [-0.15, -0.1) is 11.3 Å². The summed E-state index contributed by atoms with van der Waals surface area (Å²) in [5, 5.41) is 9.15. The van der Waals surface area contributed by atoms with Crippen LogP contribution in [0.1, 0.15) is 49.3 Å². The number of thiazole rings is 1. The lowest BCUT2D eigenvalue weighted by atomic mass is 9.78. The maximum Gasteiger partial charge on any atom is 0.0794 e. The quantitative estimate of drug-likeness (QED) is 0.853.